The highest BCUT2D eigenvalue weighted by Crippen LogP contribution is 2.21. The molecule has 138 valence electrons. The fourth-order valence-corrected chi connectivity index (χ4v) is 2.60. The molecular weight excluding hydrogens is 375 g/mol. The van der Waals surface area contributed by atoms with Crippen LogP contribution in [0.4, 0.5) is 0 Å². The maximum Gasteiger partial charge on any atom is 0.258 e. The topological polar surface area (TPSA) is 67.4 Å². The van der Waals surface area contributed by atoms with E-state index in [0.29, 0.717) is 21.4 Å². The fraction of sp³-hybridized carbons (Fsp3) is 0.263. The van der Waals surface area contributed by atoms with Gasteiger partial charge in [0.15, 0.2) is 6.61 Å². The quantitative estimate of drug-likeness (QED) is 0.705. The minimum Gasteiger partial charge on any atom is -0.483 e. The Balaban J connectivity index is 1.72. The first-order valence-electron chi connectivity index (χ1n) is 8.07. The number of rotatable bonds is 7. The van der Waals surface area contributed by atoms with Crippen molar-refractivity contribution in [3.8, 4) is 5.75 Å². The van der Waals surface area contributed by atoms with Gasteiger partial charge in [0.05, 0.1) is 10.6 Å². The summed E-state index contributed by atoms with van der Waals surface area (Å²) in [6.07, 6.45) is 0. The second kappa shape index (κ2) is 9.46. The van der Waals surface area contributed by atoms with Crippen LogP contribution >= 0.6 is 23.2 Å². The molecular formula is C19H20Cl2N2O3. The minimum absolute atomic E-state index is 0.0850. The van der Waals surface area contributed by atoms with Crippen LogP contribution in [-0.2, 0) is 4.79 Å². The fourth-order valence-electron chi connectivity index (χ4n) is 2.22. The molecule has 2 aromatic carbocycles. The molecule has 0 saturated carbocycles. The van der Waals surface area contributed by atoms with Crippen LogP contribution in [0.1, 0.15) is 21.5 Å². The first-order chi connectivity index (χ1) is 12.4. The van der Waals surface area contributed by atoms with Gasteiger partial charge < -0.3 is 15.4 Å². The predicted octanol–water partition coefficient (Wildman–Crippen LogP) is 3.54. The molecule has 2 amide bonds. The molecule has 0 aliphatic rings. The monoisotopic (exact) mass is 394 g/mol. The van der Waals surface area contributed by atoms with Crippen LogP contribution in [-0.4, -0.2) is 31.5 Å². The second-order valence-corrected chi connectivity index (χ2v) is 6.56. The van der Waals surface area contributed by atoms with Gasteiger partial charge in [-0.2, -0.15) is 0 Å². The molecule has 0 radical (unpaired) electrons. The van der Waals surface area contributed by atoms with Crippen molar-refractivity contribution in [2.75, 3.05) is 19.7 Å². The number of nitrogens with one attached hydrogen (secondary N) is 2. The molecule has 0 fully saturated rings. The first kappa shape index (κ1) is 20.1. The van der Waals surface area contributed by atoms with Crippen LogP contribution < -0.4 is 15.4 Å². The summed E-state index contributed by atoms with van der Waals surface area (Å²) in [5, 5.41) is 6.10. The molecule has 0 heterocycles. The Morgan fingerprint density at radius 3 is 2.54 bits per heavy atom. The summed E-state index contributed by atoms with van der Waals surface area (Å²) >= 11 is 11.8. The summed E-state index contributed by atoms with van der Waals surface area (Å²) in [6.45, 7) is 4.38. The van der Waals surface area contributed by atoms with Crippen molar-refractivity contribution in [2.45, 2.75) is 13.8 Å². The van der Waals surface area contributed by atoms with Crippen LogP contribution in [0, 0.1) is 13.8 Å². The molecule has 5 nitrogen and oxygen atoms in total. The van der Waals surface area contributed by atoms with Gasteiger partial charge in [-0.1, -0.05) is 35.3 Å². The lowest BCUT2D eigenvalue weighted by molar-refractivity contribution is -0.123. The van der Waals surface area contributed by atoms with Gasteiger partial charge in [-0.05, 0) is 49.2 Å². The van der Waals surface area contributed by atoms with Crippen LogP contribution in [0.3, 0.4) is 0 Å². The highest BCUT2D eigenvalue weighted by atomic mass is 35.5. The number of ether oxygens (including phenoxy) is 1. The number of benzene rings is 2. The zero-order valence-corrected chi connectivity index (χ0v) is 16.1. The summed E-state index contributed by atoms with van der Waals surface area (Å²) in [7, 11) is 0. The summed E-state index contributed by atoms with van der Waals surface area (Å²) in [6, 6.07) is 10.4. The molecule has 2 rings (SSSR count). The highest BCUT2D eigenvalue weighted by Gasteiger charge is 2.11. The number of halogens is 2. The lowest BCUT2D eigenvalue weighted by Gasteiger charge is -2.11. The minimum atomic E-state index is -0.349. The van der Waals surface area contributed by atoms with E-state index in [1.807, 2.05) is 32.0 Å². The largest absolute Gasteiger partial charge is 0.483 e. The molecule has 0 bridgehead atoms. The predicted molar refractivity (Wildman–Crippen MR) is 103 cm³/mol. The molecule has 0 aromatic heterocycles. The second-order valence-electron chi connectivity index (χ2n) is 5.72. The maximum absolute atomic E-state index is 12.1. The van der Waals surface area contributed by atoms with Crippen molar-refractivity contribution in [2.24, 2.45) is 0 Å². The van der Waals surface area contributed by atoms with Crippen LogP contribution in [0.25, 0.3) is 0 Å². The van der Waals surface area contributed by atoms with Gasteiger partial charge in [-0.15, -0.1) is 0 Å². The van der Waals surface area contributed by atoms with Crippen molar-refractivity contribution in [3.05, 3.63) is 63.1 Å². The van der Waals surface area contributed by atoms with E-state index in [4.69, 9.17) is 27.9 Å². The number of aryl methyl sites for hydroxylation is 1. The molecule has 2 aromatic rings. The van der Waals surface area contributed by atoms with Crippen molar-refractivity contribution in [3.63, 3.8) is 0 Å². The molecule has 0 aliphatic carbocycles. The summed E-state index contributed by atoms with van der Waals surface area (Å²) in [5.41, 5.74) is 2.40. The SMILES string of the molecule is Cc1cccc(OCC(=O)NCCNC(=O)c2cc(Cl)ccc2Cl)c1C. The van der Waals surface area contributed by atoms with E-state index >= 15 is 0 Å². The number of hydrogen-bond donors (Lipinski definition) is 2. The third kappa shape index (κ3) is 5.64. The summed E-state index contributed by atoms with van der Waals surface area (Å²) < 4.78 is 5.52. The average molecular weight is 395 g/mol. The maximum atomic E-state index is 12.1. The Labute approximate surface area is 162 Å². The Morgan fingerprint density at radius 1 is 1.04 bits per heavy atom. The first-order valence-corrected chi connectivity index (χ1v) is 8.83. The Morgan fingerprint density at radius 2 is 1.77 bits per heavy atom. The summed E-state index contributed by atoms with van der Waals surface area (Å²) in [5.74, 6) is 0.0726. The zero-order valence-electron chi connectivity index (χ0n) is 14.6. The van der Waals surface area contributed by atoms with Gasteiger partial charge in [0.1, 0.15) is 5.75 Å². The standard InChI is InChI=1S/C19H20Cl2N2O3/c1-12-4-3-5-17(13(12)2)26-11-18(24)22-8-9-23-19(25)15-10-14(20)6-7-16(15)21/h3-7,10H,8-9,11H2,1-2H3,(H,22,24)(H,23,25). The van der Waals surface area contributed by atoms with E-state index in [1.54, 1.807) is 12.1 Å². The molecule has 0 saturated heterocycles. The van der Waals surface area contributed by atoms with E-state index in [9.17, 15) is 9.59 Å². The van der Waals surface area contributed by atoms with E-state index in [-0.39, 0.29) is 31.5 Å². The van der Waals surface area contributed by atoms with Crippen molar-refractivity contribution in [1.82, 2.24) is 10.6 Å². The van der Waals surface area contributed by atoms with E-state index in [0.717, 1.165) is 11.1 Å². The Hall–Kier alpha value is -2.24. The van der Waals surface area contributed by atoms with Gasteiger partial charge in [-0.25, -0.2) is 0 Å². The third-order valence-corrected chi connectivity index (χ3v) is 4.38. The van der Waals surface area contributed by atoms with Crippen molar-refractivity contribution in [1.29, 1.82) is 0 Å². The smallest absolute Gasteiger partial charge is 0.258 e. The lowest BCUT2D eigenvalue weighted by Crippen LogP contribution is -2.36. The van der Waals surface area contributed by atoms with Crippen LogP contribution in [0.2, 0.25) is 10.0 Å². The molecule has 0 aliphatic heterocycles. The van der Waals surface area contributed by atoms with E-state index < -0.39 is 0 Å². The van der Waals surface area contributed by atoms with Crippen LogP contribution in [0.15, 0.2) is 36.4 Å². The normalized spacial score (nSPS) is 10.3. The molecule has 0 atom stereocenters. The number of hydrogen-bond acceptors (Lipinski definition) is 3. The molecule has 7 heteroatoms. The number of amides is 2. The average Bonchev–Trinajstić information content (AvgIpc) is 2.61. The van der Waals surface area contributed by atoms with Gasteiger partial charge in [0, 0.05) is 18.1 Å². The highest BCUT2D eigenvalue weighted by molar-refractivity contribution is 6.35. The van der Waals surface area contributed by atoms with Gasteiger partial charge in [-0.3, -0.25) is 9.59 Å². The van der Waals surface area contributed by atoms with E-state index in [2.05, 4.69) is 10.6 Å². The molecule has 2 N–H and O–H groups in total. The summed E-state index contributed by atoms with van der Waals surface area (Å²) in [4.78, 5) is 23.9. The number of carbonyl (C=O) groups excluding carboxylic acids is 2. The Kier molecular flexibility index (Phi) is 7.30. The lowest BCUT2D eigenvalue weighted by atomic mass is 10.1. The number of carbonyl (C=O) groups is 2. The van der Waals surface area contributed by atoms with Crippen molar-refractivity contribution < 1.29 is 14.3 Å². The Bertz CT molecular complexity index is 809. The molecule has 26 heavy (non-hydrogen) atoms. The van der Waals surface area contributed by atoms with Gasteiger partial charge in [0.2, 0.25) is 0 Å². The van der Waals surface area contributed by atoms with Gasteiger partial charge >= 0.3 is 0 Å². The van der Waals surface area contributed by atoms with Crippen LogP contribution in [0.5, 0.6) is 5.75 Å². The zero-order chi connectivity index (χ0) is 19.1. The molecule has 0 spiro atoms. The van der Waals surface area contributed by atoms with Crippen molar-refractivity contribution >= 4 is 35.0 Å². The third-order valence-electron chi connectivity index (χ3n) is 3.82. The van der Waals surface area contributed by atoms with E-state index in [1.165, 1.54) is 6.07 Å². The van der Waals surface area contributed by atoms with Gasteiger partial charge in [0.25, 0.3) is 11.8 Å². The molecule has 0 unspecified atom stereocenters.